The summed E-state index contributed by atoms with van der Waals surface area (Å²) in [5, 5.41) is 11.0. The first-order chi connectivity index (χ1) is 10.8. The van der Waals surface area contributed by atoms with Gasteiger partial charge in [0, 0.05) is 6.07 Å². The number of aryl methyl sites for hydroxylation is 1. The van der Waals surface area contributed by atoms with Gasteiger partial charge in [-0.05, 0) is 36.2 Å². The number of ether oxygens (including phenoxy) is 1. The molecule has 23 heavy (non-hydrogen) atoms. The Morgan fingerprint density at radius 3 is 2.57 bits per heavy atom. The predicted octanol–water partition coefficient (Wildman–Crippen LogP) is 2.82. The predicted molar refractivity (Wildman–Crippen MR) is 84.1 cm³/mol. The highest BCUT2D eigenvalue weighted by Crippen LogP contribution is 2.29. The van der Waals surface area contributed by atoms with E-state index in [9.17, 15) is 18.5 Å². The first-order valence-electron chi connectivity index (χ1n) is 6.61. The molecule has 0 saturated heterocycles. The SMILES string of the molecule is COc1cccc(CS(=O)(=O)Oc2ccc(C)cc2[N+](=O)[O-])c1. The third-order valence-electron chi connectivity index (χ3n) is 3.01. The Balaban J connectivity index is 2.26. The van der Waals surface area contributed by atoms with E-state index in [1.165, 1.54) is 19.2 Å². The fraction of sp³-hybridized carbons (Fsp3) is 0.200. The van der Waals surface area contributed by atoms with Crippen molar-refractivity contribution in [3.8, 4) is 11.5 Å². The number of hydrogen-bond donors (Lipinski definition) is 0. The number of nitrogens with zero attached hydrogens (tertiary/aromatic N) is 1. The van der Waals surface area contributed by atoms with E-state index < -0.39 is 20.8 Å². The quantitative estimate of drug-likeness (QED) is 0.457. The lowest BCUT2D eigenvalue weighted by Gasteiger charge is -2.09. The molecule has 0 saturated carbocycles. The molecule has 0 aliphatic rings. The van der Waals surface area contributed by atoms with Gasteiger partial charge in [-0.2, -0.15) is 8.42 Å². The smallest absolute Gasteiger partial charge is 0.313 e. The van der Waals surface area contributed by atoms with Gasteiger partial charge < -0.3 is 8.92 Å². The summed E-state index contributed by atoms with van der Waals surface area (Å²) in [4.78, 5) is 10.3. The average molecular weight is 337 g/mol. The van der Waals surface area contributed by atoms with Gasteiger partial charge in [0.1, 0.15) is 11.5 Å². The van der Waals surface area contributed by atoms with Gasteiger partial charge in [-0.1, -0.05) is 18.2 Å². The molecule has 0 aliphatic carbocycles. The van der Waals surface area contributed by atoms with Crippen molar-refractivity contribution < 1.29 is 22.3 Å². The van der Waals surface area contributed by atoms with Gasteiger partial charge in [0.25, 0.3) is 0 Å². The molecule has 7 nitrogen and oxygen atoms in total. The van der Waals surface area contributed by atoms with Gasteiger partial charge in [0.15, 0.2) is 0 Å². The van der Waals surface area contributed by atoms with Crippen LogP contribution in [0.5, 0.6) is 11.5 Å². The molecule has 8 heteroatoms. The van der Waals surface area contributed by atoms with Gasteiger partial charge >= 0.3 is 15.8 Å². The van der Waals surface area contributed by atoms with E-state index in [1.54, 1.807) is 37.3 Å². The maximum absolute atomic E-state index is 12.1. The number of benzene rings is 2. The summed E-state index contributed by atoms with van der Waals surface area (Å²) in [6, 6.07) is 10.6. The van der Waals surface area contributed by atoms with Crippen molar-refractivity contribution in [2.45, 2.75) is 12.7 Å². The van der Waals surface area contributed by atoms with Crippen molar-refractivity contribution in [2.24, 2.45) is 0 Å². The summed E-state index contributed by atoms with van der Waals surface area (Å²) in [5.41, 5.74) is 0.701. The van der Waals surface area contributed by atoms with E-state index in [4.69, 9.17) is 8.92 Å². The van der Waals surface area contributed by atoms with Gasteiger partial charge in [-0.3, -0.25) is 10.1 Å². The molecule has 2 aromatic carbocycles. The lowest BCUT2D eigenvalue weighted by Crippen LogP contribution is -2.13. The van der Waals surface area contributed by atoms with Crippen LogP contribution >= 0.6 is 0 Å². The lowest BCUT2D eigenvalue weighted by molar-refractivity contribution is -0.385. The minimum atomic E-state index is -4.04. The van der Waals surface area contributed by atoms with Gasteiger partial charge in [-0.25, -0.2) is 0 Å². The number of hydrogen-bond acceptors (Lipinski definition) is 6. The van der Waals surface area contributed by atoms with Gasteiger partial charge in [-0.15, -0.1) is 0 Å². The molecule has 2 aromatic rings. The zero-order valence-corrected chi connectivity index (χ0v) is 13.4. The van der Waals surface area contributed by atoms with Crippen LogP contribution in [0.1, 0.15) is 11.1 Å². The molecular formula is C15H15NO6S. The van der Waals surface area contributed by atoms with Gasteiger partial charge in [0.2, 0.25) is 5.75 Å². The van der Waals surface area contributed by atoms with E-state index in [1.807, 2.05) is 0 Å². The maximum Gasteiger partial charge on any atom is 0.313 e. The normalized spacial score (nSPS) is 11.0. The molecule has 2 rings (SSSR count). The Morgan fingerprint density at radius 2 is 1.91 bits per heavy atom. The standard InChI is InChI=1S/C15H15NO6S/c1-11-6-7-15(14(8-11)16(17)18)22-23(19,20)10-12-4-3-5-13(9-12)21-2/h3-9H,10H2,1-2H3. The molecule has 0 bridgehead atoms. The summed E-state index contributed by atoms with van der Waals surface area (Å²) >= 11 is 0. The van der Waals surface area contributed by atoms with Crippen LogP contribution in [-0.4, -0.2) is 20.5 Å². The number of nitro groups is 1. The highest BCUT2D eigenvalue weighted by molar-refractivity contribution is 7.86. The maximum atomic E-state index is 12.1. The number of rotatable bonds is 6. The van der Waals surface area contributed by atoms with Crippen LogP contribution in [0.15, 0.2) is 42.5 Å². The molecule has 0 aliphatic heterocycles. The Labute approximate surface area is 133 Å². The van der Waals surface area contributed by atoms with Crippen molar-refractivity contribution in [1.82, 2.24) is 0 Å². The van der Waals surface area contributed by atoms with Crippen LogP contribution in [0.25, 0.3) is 0 Å². The Hall–Kier alpha value is -2.61. The molecule has 122 valence electrons. The zero-order chi connectivity index (χ0) is 17.0. The van der Waals surface area contributed by atoms with Crippen molar-refractivity contribution in [3.63, 3.8) is 0 Å². The zero-order valence-electron chi connectivity index (χ0n) is 12.6. The van der Waals surface area contributed by atoms with E-state index in [0.29, 0.717) is 16.9 Å². The minimum absolute atomic E-state index is 0.302. The molecule has 0 radical (unpaired) electrons. The number of nitro benzene ring substituents is 1. The Morgan fingerprint density at radius 1 is 1.17 bits per heavy atom. The fourth-order valence-corrected chi connectivity index (χ4v) is 3.03. The first-order valence-corrected chi connectivity index (χ1v) is 8.18. The average Bonchev–Trinajstić information content (AvgIpc) is 2.48. The monoisotopic (exact) mass is 337 g/mol. The largest absolute Gasteiger partial charge is 0.497 e. The summed E-state index contributed by atoms with van der Waals surface area (Å²) in [6.45, 7) is 1.67. The Bertz CT molecular complexity index is 832. The molecule has 0 unspecified atom stereocenters. The van der Waals surface area contributed by atoms with E-state index in [2.05, 4.69) is 0 Å². The van der Waals surface area contributed by atoms with Crippen molar-refractivity contribution in [2.75, 3.05) is 7.11 Å². The second-order valence-corrected chi connectivity index (χ2v) is 6.44. The van der Waals surface area contributed by atoms with Crippen LogP contribution in [-0.2, 0) is 15.9 Å². The molecule has 0 atom stereocenters. The first kappa shape index (κ1) is 16.8. The second-order valence-electron chi connectivity index (χ2n) is 4.87. The van der Waals surface area contributed by atoms with Crippen LogP contribution in [0.4, 0.5) is 5.69 Å². The molecule has 0 aromatic heterocycles. The lowest BCUT2D eigenvalue weighted by atomic mass is 10.2. The summed E-state index contributed by atoms with van der Waals surface area (Å²) in [5.74, 6) is -0.211. The minimum Gasteiger partial charge on any atom is -0.497 e. The van der Waals surface area contributed by atoms with E-state index in [0.717, 1.165) is 0 Å². The van der Waals surface area contributed by atoms with Crippen LogP contribution in [0, 0.1) is 17.0 Å². The molecule has 0 spiro atoms. The molecule has 0 amide bonds. The van der Waals surface area contributed by atoms with Crippen LogP contribution in [0.2, 0.25) is 0 Å². The third kappa shape index (κ3) is 4.43. The summed E-state index contributed by atoms with van der Waals surface area (Å²) < 4.78 is 34.2. The molecule has 0 heterocycles. The van der Waals surface area contributed by atoms with Crippen molar-refractivity contribution in [3.05, 3.63) is 63.7 Å². The van der Waals surface area contributed by atoms with Crippen molar-refractivity contribution in [1.29, 1.82) is 0 Å². The van der Waals surface area contributed by atoms with Crippen LogP contribution in [0.3, 0.4) is 0 Å². The summed E-state index contributed by atoms with van der Waals surface area (Å²) in [7, 11) is -2.57. The Kier molecular flexibility index (Phi) is 4.85. The topological polar surface area (TPSA) is 95.7 Å². The second kappa shape index (κ2) is 6.66. The highest BCUT2D eigenvalue weighted by Gasteiger charge is 2.22. The highest BCUT2D eigenvalue weighted by atomic mass is 32.2. The van der Waals surface area contributed by atoms with E-state index >= 15 is 0 Å². The third-order valence-corrected chi connectivity index (χ3v) is 4.13. The summed E-state index contributed by atoms with van der Waals surface area (Å²) in [6.07, 6.45) is 0. The van der Waals surface area contributed by atoms with Gasteiger partial charge in [0.05, 0.1) is 12.0 Å². The fourth-order valence-electron chi connectivity index (χ4n) is 1.97. The van der Waals surface area contributed by atoms with E-state index in [-0.39, 0.29) is 11.4 Å². The molecule has 0 fully saturated rings. The molecular weight excluding hydrogens is 322 g/mol. The van der Waals surface area contributed by atoms with Crippen molar-refractivity contribution >= 4 is 15.8 Å². The molecule has 0 N–H and O–H groups in total. The number of methoxy groups -OCH3 is 1. The van der Waals surface area contributed by atoms with Crippen LogP contribution < -0.4 is 8.92 Å².